The molecule has 1 aromatic carbocycles. The molecule has 0 amide bonds. The molecule has 0 bridgehead atoms. The number of ether oxygens (including phenoxy) is 1. The van der Waals surface area contributed by atoms with Crippen LogP contribution in [0.15, 0.2) is 18.2 Å². The minimum atomic E-state index is 0.466. The van der Waals surface area contributed by atoms with E-state index in [0.29, 0.717) is 23.6 Å². The number of hydrogen-bond donors (Lipinski definition) is 1. The lowest BCUT2D eigenvalue weighted by molar-refractivity contribution is 0.223. The van der Waals surface area contributed by atoms with E-state index in [1.165, 1.54) is 0 Å². The summed E-state index contributed by atoms with van der Waals surface area (Å²) in [7, 11) is 0. The van der Waals surface area contributed by atoms with E-state index in [4.69, 9.17) is 15.7 Å². The lowest BCUT2D eigenvalue weighted by Crippen LogP contribution is -2.27. The second-order valence-electron chi connectivity index (χ2n) is 3.74. The van der Waals surface area contributed by atoms with Gasteiger partial charge >= 0.3 is 0 Å². The molecule has 92 valence electrons. The number of nitrogens with zero attached hydrogens (tertiary/aromatic N) is 2. The van der Waals surface area contributed by atoms with Gasteiger partial charge in [0.2, 0.25) is 0 Å². The third-order valence-electron chi connectivity index (χ3n) is 2.71. The molecule has 0 aliphatic carbocycles. The first-order valence-electron chi connectivity index (χ1n) is 5.86. The van der Waals surface area contributed by atoms with Gasteiger partial charge in [0.1, 0.15) is 18.4 Å². The van der Waals surface area contributed by atoms with Crippen molar-refractivity contribution in [1.82, 2.24) is 4.90 Å². The van der Waals surface area contributed by atoms with Gasteiger partial charge in [0.25, 0.3) is 0 Å². The Kier molecular flexibility index (Phi) is 5.31. The monoisotopic (exact) mass is 233 g/mol. The molecular weight excluding hydrogens is 214 g/mol. The standard InChI is InChI=1S/C13H19N3O/c1-3-16(4-2)7-8-17-12-6-5-11(10-14)13(15)9-12/h5-6,9H,3-4,7-8,15H2,1-2H3. The van der Waals surface area contributed by atoms with Crippen molar-refractivity contribution in [3.05, 3.63) is 23.8 Å². The first-order valence-corrected chi connectivity index (χ1v) is 5.86. The van der Waals surface area contributed by atoms with Crippen molar-refractivity contribution in [2.45, 2.75) is 13.8 Å². The van der Waals surface area contributed by atoms with E-state index in [0.717, 1.165) is 19.6 Å². The van der Waals surface area contributed by atoms with Crippen LogP contribution in [0.5, 0.6) is 5.75 Å². The third kappa shape index (κ3) is 3.97. The van der Waals surface area contributed by atoms with Crippen LogP contribution in [0.1, 0.15) is 19.4 Å². The largest absolute Gasteiger partial charge is 0.492 e. The average Bonchev–Trinajstić information content (AvgIpc) is 2.35. The molecule has 1 rings (SSSR count). The number of nitrogen functional groups attached to an aromatic ring is 1. The lowest BCUT2D eigenvalue weighted by Gasteiger charge is -2.18. The quantitative estimate of drug-likeness (QED) is 0.762. The van der Waals surface area contributed by atoms with Gasteiger partial charge in [0.15, 0.2) is 0 Å². The Bertz CT molecular complexity index is 394. The van der Waals surface area contributed by atoms with Crippen molar-refractivity contribution < 1.29 is 4.74 Å². The smallest absolute Gasteiger partial charge is 0.121 e. The zero-order valence-electron chi connectivity index (χ0n) is 10.4. The molecule has 0 unspecified atom stereocenters. The summed E-state index contributed by atoms with van der Waals surface area (Å²) in [6, 6.07) is 7.18. The van der Waals surface area contributed by atoms with E-state index in [-0.39, 0.29) is 0 Å². The van der Waals surface area contributed by atoms with Crippen LogP contribution in [-0.2, 0) is 0 Å². The van der Waals surface area contributed by atoms with Crippen LogP contribution in [-0.4, -0.2) is 31.1 Å². The van der Waals surface area contributed by atoms with Gasteiger partial charge in [0.05, 0.1) is 11.3 Å². The Morgan fingerprint density at radius 2 is 2.06 bits per heavy atom. The molecule has 0 aliphatic heterocycles. The highest BCUT2D eigenvalue weighted by atomic mass is 16.5. The van der Waals surface area contributed by atoms with Crippen LogP contribution < -0.4 is 10.5 Å². The molecule has 0 saturated carbocycles. The molecule has 1 aromatic rings. The van der Waals surface area contributed by atoms with Crippen molar-refractivity contribution in [2.24, 2.45) is 0 Å². The van der Waals surface area contributed by atoms with Crippen molar-refractivity contribution in [2.75, 3.05) is 32.0 Å². The second kappa shape index (κ2) is 6.77. The summed E-state index contributed by atoms with van der Waals surface area (Å²) in [5, 5.41) is 8.74. The SMILES string of the molecule is CCN(CC)CCOc1ccc(C#N)c(N)c1. The molecule has 0 saturated heterocycles. The first kappa shape index (κ1) is 13.3. The highest BCUT2D eigenvalue weighted by Crippen LogP contribution is 2.18. The van der Waals surface area contributed by atoms with Gasteiger partial charge < -0.3 is 15.4 Å². The highest BCUT2D eigenvalue weighted by Gasteiger charge is 2.02. The average molecular weight is 233 g/mol. The zero-order chi connectivity index (χ0) is 12.7. The molecular formula is C13H19N3O. The maximum atomic E-state index is 8.74. The molecule has 0 heterocycles. The van der Waals surface area contributed by atoms with E-state index in [9.17, 15) is 0 Å². The fraction of sp³-hybridized carbons (Fsp3) is 0.462. The zero-order valence-corrected chi connectivity index (χ0v) is 10.4. The molecule has 0 atom stereocenters. The Hall–Kier alpha value is -1.73. The van der Waals surface area contributed by atoms with Gasteiger partial charge in [-0.15, -0.1) is 0 Å². The number of anilines is 1. The summed E-state index contributed by atoms with van der Waals surface area (Å²) in [6.07, 6.45) is 0. The Balaban J connectivity index is 2.48. The van der Waals surface area contributed by atoms with Gasteiger partial charge in [-0.2, -0.15) is 5.26 Å². The Morgan fingerprint density at radius 3 is 2.59 bits per heavy atom. The first-order chi connectivity index (χ1) is 8.21. The predicted molar refractivity (Wildman–Crippen MR) is 68.9 cm³/mol. The second-order valence-corrected chi connectivity index (χ2v) is 3.74. The van der Waals surface area contributed by atoms with Crippen LogP contribution in [0.25, 0.3) is 0 Å². The molecule has 2 N–H and O–H groups in total. The van der Waals surface area contributed by atoms with E-state index in [2.05, 4.69) is 18.7 Å². The van der Waals surface area contributed by atoms with Crippen LogP contribution in [0.4, 0.5) is 5.69 Å². The van der Waals surface area contributed by atoms with Crippen molar-refractivity contribution in [3.8, 4) is 11.8 Å². The van der Waals surface area contributed by atoms with E-state index in [1.807, 2.05) is 6.07 Å². The maximum absolute atomic E-state index is 8.74. The van der Waals surface area contributed by atoms with E-state index < -0.39 is 0 Å². The summed E-state index contributed by atoms with van der Waals surface area (Å²) in [6.45, 7) is 7.83. The summed E-state index contributed by atoms with van der Waals surface area (Å²) in [4.78, 5) is 2.28. The van der Waals surface area contributed by atoms with Crippen molar-refractivity contribution in [1.29, 1.82) is 5.26 Å². The lowest BCUT2D eigenvalue weighted by atomic mass is 10.2. The summed E-state index contributed by atoms with van der Waals surface area (Å²) < 4.78 is 5.59. The molecule has 17 heavy (non-hydrogen) atoms. The van der Waals surface area contributed by atoms with Gasteiger partial charge in [-0.25, -0.2) is 0 Å². The number of nitriles is 1. The number of nitrogens with two attached hydrogens (primary N) is 1. The Labute approximate surface area is 103 Å². The fourth-order valence-electron chi connectivity index (χ4n) is 1.56. The summed E-state index contributed by atoms with van der Waals surface area (Å²) >= 11 is 0. The molecule has 0 aromatic heterocycles. The van der Waals surface area contributed by atoms with E-state index in [1.54, 1.807) is 18.2 Å². The topological polar surface area (TPSA) is 62.3 Å². The molecule has 0 aliphatic rings. The summed E-state index contributed by atoms with van der Waals surface area (Å²) in [5.41, 5.74) is 6.66. The summed E-state index contributed by atoms with van der Waals surface area (Å²) in [5.74, 6) is 0.716. The normalized spacial score (nSPS) is 10.2. The van der Waals surface area contributed by atoms with Crippen LogP contribution in [0.2, 0.25) is 0 Å². The number of benzene rings is 1. The molecule has 4 heteroatoms. The molecule has 0 fully saturated rings. The van der Waals surface area contributed by atoms with Crippen molar-refractivity contribution >= 4 is 5.69 Å². The minimum absolute atomic E-state index is 0.466. The van der Waals surface area contributed by atoms with Crippen LogP contribution >= 0.6 is 0 Å². The number of hydrogen-bond acceptors (Lipinski definition) is 4. The third-order valence-corrected chi connectivity index (χ3v) is 2.71. The van der Waals surface area contributed by atoms with E-state index >= 15 is 0 Å². The number of likely N-dealkylation sites (N-methyl/N-ethyl adjacent to an activating group) is 1. The highest BCUT2D eigenvalue weighted by molar-refractivity contribution is 5.56. The van der Waals surface area contributed by atoms with Crippen LogP contribution in [0.3, 0.4) is 0 Å². The Morgan fingerprint density at radius 1 is 1.35 bits per heavy atom. The van der Waals surface area contributed by atoms with Crippen LogP contribution in [0, 0.1) is 11.3 Å². The van der Waals surface area contributed by atoms with Gasteiger partial charge in [-0.1, -0.05) is 13.8 Å². The van der Waals surface area contributed by atoms with Gasteiger partial charge in [-0.05, 0) is 25.2 Å². The fourth-order valence-corrected chi connectivity index (χ4v) is 1.56. The molecule has 0 spiro atoms. The maximum Gasteiger partial charge on any atom is 0.121 e. The van der Waals surface area contributed by atoms with Gasteiger partial charge in [-0.3, -0.25) is 0 Å². The predicted octanol–water partition coefficient (Wildman–Crippen LogP) is 1.86. The van der Waals surface area contributed by atoms with Crippen molar-refractivity contribution in [3.63, 3.8) is 0 Å². The minimum Gasteiger partial charge on any atom is -0.492 e. The molecule has 0 radical (unpaired) electrons. The molecule has 4 nitrogen and oxygen atoms in total. The van der Waals surface area contributed by atoms with Gasteiger partial charge in [0, 0.05) is 12.6 Å². The number of rotatable bonds is 6.